The maximum atomic E-state index is 13.2. The van der Waals surface area contributed by atoms with E-state index in [0.717, 1.165) is 18.5 Å². The molecule has 0 bridgehead atoms. The standard InChI is InChI=1S/C22H23N3O3/c1-16-13-17-5-2-3-8-20(17)25(16)22(28)19-7-4-6-18(14-19)21(27)24-11-9-23(15-26)10-12-24/h2-8,14-16H,9-13H2,1H3. The highest BCUT2D eigenvalue weighted by Gasteiger charge is 2.31. The molecule has 144 valence electrons. The first kappa shape index (κ1) is 18.2. The predicted octanol–water partition coefficient (Wildman–Crippen LogP) is 2.19. The first-order chi connectivity index (χ1) is 13.6. The molecule has 0 aliphatic carbocycles. The molecule has 2 aliphatic heterocycles. The van der Waals surface area contributed by atoms with E-state index in [0.29, 0.717) is 37.3 Å². The van der Waals surface area contributed by atoms with Crippen molar-refractivity contribution in [2.75, 3.05) is 31.1 Å². The first-order valence-electron chi connectivity index (χ1n) is 9.58. The highest BCUT2D eigenvalue weighted by molar-refractivity contribution is 6.09. The second-order valence-electron chi connectivity index (χ2n) is 7.37. The van der Waals surface area contributed by atoms with Crippen molar-refractivity contribution in [2.45, 2.75) is 19.4 Å². The van der Waals surface area contributed by atoms with Gasteiger partial charge in [-0.1, -0.05) is 24.3 Å². The zero-order valence-corrected chi connectivity index (χ0v) is 15.9. The van der Waals surface area contributed by atoms with E-state index in [9.17, 15) is 14.4 Å². The average molecular weight is 377 g/mol. The van der Waals surface area contributed by atoms with Crippen molar-refractivity contribution in [1.82, 2.24) is 9.80 Å². The third-order valence-corrected chi connectivity index (χ3v) is 5.53. The van der Waals surface area contributed by atoms with E-state index in [1.54, 1.807) is 34.1 Å². The van der Waals surface area contributed by atoms with Gasteiger partial charge in [0.15, 0.2) is 0 Å². The Hall–Kier alpha value is -3.15. The number of amides is 3. The highest BCUT2D eigenvalue weighted by atomic mass is 16.2. The maximum Gasteiger partial charge on any atom is 0.258 e. The summed E-state index contributed by atoms with van der Waals surface area (Å²) in [6.45, 7) is 4.13. The van der Waals surface area contributed by atoms with Crippen LogP contribution in [0.5, 0.6) is 0 Å². The van der Waals surface area contributed by atoms with E-state index >= 15 is 0 Å². The van der Waals surface area contributed by atoms with Gasteiger partial charge >= 0.3 is 0 Å². The number of benzene rings is 2. The summed E-state index contributed by atoms with van der Waals surface area (Å²) >= 11 is 0. The second-order valence-corrected chi connectivity index (χ2v) is 7.37. The smallest absolute Gasteiger partial charge is 0.258 e. The number of anilines is 1. The molecule has 1 unspecified atom stereocenters. The topological polar surface area (TPSA) is 60.9 Å². The van der Waals surface area contributed by atoms with Crippen LogP contribution in [0.1, 0.15) is 33.2 Å². The van der Waals surface area contributed by atoms with Crippen LogP contribution in [0.25, 0.3) is 0 Å². The fourth-order valence-electron chi connectivity index (χ4n) is 4.01. The number of hydrogen-bond donors (Lipinski definition) is 0. The minimum Gasteiger partial charge on any atom is -0.342 e. The Kier molecular flexibility index (Phi) is 4.86. The molecule has 0 saturated carbocycles. The van der Waals surface area contributed by atoms with Gasteiger partial charge in [0.25, 0.3) is 11.8 Å². The number of nitrogens with zero attached hydrogens (tertiary/aromatic N) is 3. The van der Waals surface area contributed by atoms with Crippen molar-refractivity contribution in [2.24, 2.45) is 0 Å². The minimum atomic E-state index is -0.102. The summed E-state index contributed by atoms with van der Waals surface area (Å²) in [6, 6.07) is 15.0. The highest BCUT2D eigenvalue weighted by Crippen LogP contribution is 2.33. The molecule has 1 fully saturated rings. The van der Waals surface area contributed by atoms with Crippen molar-refractivity contribution in [3.8, 4) is 0 Å². The molecule has 0 spiro atoms. The molecular weight excluding hydrogens is 354 g/mol. The van der Waals surface area contributed by atoms with Crippen LogP contribution in [0.4, 0.5) is 5.69 Å². The molecule has 0 radical (unpaired) electrons. The largest absolute Gasteiger partial charge is 0.342 e. The number of rotatable bonds is 3. The van der Waals surface area contributed by atoms with E-state index in [4.69, 9.17) is 0 Å². The Balaban J connectivity index is 1.55. The van der Waals surface area contributed by atoms with Crippen LogP contribution in [0, 0.1) is 0 Å². The van der Waals surface area contributed by atoms with Crippen LogP contribution in [-0.4, -0.2) is 60.2 Å². The Labute approximate surface area is 164 Å². The summed E-state index contributed by atoms with van der Waals surface area (Å²) < 4.78 is 0. The Morgan fingerprint density at radius 3 is 2.32 bits per heavy atom. The Bertz CT molecular complexity index is 919. The number of para-hydroxylation sites is 1. The number of fused-ring (bicyclic) bond motifs is 1. The van der Waals surface area contributed by atoms with Gasteiger partial charge in [-0.3, -0.25) is 14.4 Å². The van der Waals surface area contributed by atoms with Crippen LogP contribution in [-0.2, 0) is 11.2 Å². The van der Waals surface area contributed by atoms with E-state index in [2.05, 4.69) is 6.07 Å². The van der Waals surface area contributed by atoms with Gasteiger partial charge in [0.05, 0.1) is 0 Å². The summed E-state index contributed by atoms with van der Waals surface area (Å²) in [5.41, 5.74) is 3.14. The summed E-state index contributed by atoms with van der Waals surface area (Å²) in [7, 11) is 0. The van der Waals surface area contributed by atoms with Gasteiger partial charge in [-0.05, 0) is 43.2 Å². The molecule has 2 aromatic rings. The van der Waals surface area contributed by atoms with Crippen LogP contribution >= 0.6 is 0 Å². The molecule has 1 saturated heterocycles. The molecule has 3 amide bonds. The van der Waals surface area contributed by atoms with Crippen molar-refractivity contribution in [1.29, 1.82) is 0 Å². The second kappa shape index (κ2) is 7.46. The molecule has 6 heteroatoms. The van der Waals surface area contributed by atoms with Crippen LogP contribution < -0.4 is 4.90 Å². The average Bonchev–Trinajstić information content (AvgIpc) is 3.08. The molecule has 2 aromatic carbocycles. The van der Waals surface area contributed by atoms with Gasteiger partial charge in [0.2, 0.25) is 6.41 Å². The molecule has 6 nitrogen and oxygen atoms in total. The number of hydrogen-bond acceptors (Lipinski definition) is 3. The minimum absolute atomic E-state index is 0.0840. The summed E-state index contributed by atoms with van der Waals surface area (Å²) in [4.78, 5) is 42.1. The van der Waals surface area contributed by atoms with Gasteiger partial charge in [-0.25, -0.2) is 0 Å². The lowest BCUT2D eigenvalue weighted by atomic mass is 10.1. The maximum absolute atomic E-state index is 13.2. The third-order valence-electron chi connectivity index (χ3n) is 5.53. The fourth-order valence-corrected chi connectivity index (χ4v) is 4.01. The van der Waals surface area contributed by atoms with Crippen molar-refractivity contribution in [3.63, 3.8) is 0 Å². The van der Waals surface area contributed by atoms with Gasteiger partial charge in [-0.15, -0.1) is 0 Å². The number of carbonyl (C=O) groups is 3. The van der Waals surface area contributed by atoms with Gasteiger partial charge < -0.3 is 14.7 Å². The van der Waals surface area contributed by atoms with E-state index in [1.807, 2.05) is 30.0 Å². The molecule has 0 N–H and O–H groups in total. The van der Waals surface area contributed by atoms with E-state index in [-0.39, 0.29) is 17.9 Å². The molecule has 4 rings (SSSR count). The van der Waals surface area contributed by atoms with E-state index in [1.165, 1.54) is 5.56 Å². The third kappa shape index (κ3) is 3.26. The zero-order valence-electron chi connectivity index (χ0n) is 15.9. The van der Waals surface area contributed by atoms with Gasteiger partial charge in [-0.2, -0.15) is 0 Å². The summed E-state index contributed by atoms with van der Waals surface area (Å²) in [5.74, 6) is -0.187. The zero-order chi connectivity index (χ0) is 19.7. The molecule has 1 atom stereocenters. The lowest BCUT2D eigenvalue weighted by Gasteiger charge is -2.32. The SMILES string of the molecule is CC1Cc2ccccc2N1C(=O)c1cccc(C(=O)N2CCN(C=O)CC2)c1. The Morgan fingerprint density at radius 2 is 1.61 bits per heavy atom. The molecule has 0 aromatic heterocycles. The molecule has 2 aliphatic rings. The normalized spacial score (nSPS) is 18.8. The summed E-state index contributed by atoms with van der Waals surface area (Å²) in [5, 5.41) is 0. The van der Waals surface area contributed by atoms with E-state index < -0.39 is 0 Å². The van der Waals surface area contributed by atoms with Crippen LogP contribution in [0.15, 0.2) is 48.5 Å². The molecule has 2 heterocycles. The monoisotopic (exact) mass is 377 g/mol. The lowest BCUT2D eigenvalue weighted by molar-refractivity contribution is -0.119. The lowest BCUT2D eigenvalue weighted by Crippen LogP contribution is -2.48. The molecule has 28 heavy (non-hydrogen) atoms. The van der Waals surface area contributed by atoms with Crippen LogP contribution in [0.2, 0.25) is 0 Å². The molecular formula is C22H23N3O3. The quantitative estimate of drug-likeness (QED) is 0.771. The van der Waals surface area contributed by atoms with Gasteiger partial charge in [0.1, 0.15) is 0 Å². The summed E-state index contributed by atoms with van der Waals surface area (Å²) in [6.07, 6.45) is 1.65. The van der Waals surface area contributed by atoms with Crippen molar-refractivity contribution >= 4 is 23.9 Å². The predicted molar refractivity (Wildman–Crippen MR) is 106 cm³/mol. The van der Waals surface area contributed by atoms with Crippen molar-refractivity contribution in [3.05, 3.63) is 65.2 Å². The number of carbonyl (C=O) groups excluding carboxylic acids is 3. The fraction of sp³-hybridized carbons (Fsp3) is 0.318. The first-order valence-corrected chi connectivity index (χ1v) is 9.58. The number of piperazine rings is 1. The van der Waals surface area contributed by atoms with Crippen molar-refractivity contribution < 1.29 is 14.4 Å². The van der Waals surface area contributed by atoms with Crippen LogP contribution in [0.3, 0.4) is 0 Å². The van der Waals surface area contributed by atoms with Gasteiger partial charge in [0, 0.05) is 49.0 Å². The Morgan fingerprint density at radius 1 is 0.929 bits per heavy atom.